The van der Waals surface area contributed by atoms with Crippen LogP contribution in [0.2, 0.25) is 0 Å². The number of carbonyl (C=O) groups is 2. The van der Waals surface area contributed by atoms with Gasteiger partial charge in [0.15, 0.2) is 0 Å². The largest absolute Gasteiger partial charge is 0.394 e. The van der Waals surface area contributed by atoms with Gasteiger partial charge in [0.05, 0.1) is 18.7 Å². The van der Waals surface area contributed by atoms with Crippen LogP contribution in [-0.4, -0.2) is 53.7 Å². The van der Waals surface area contributed by atoms with Crippen LogP contribution < -0.4 is 10.6 Å². The molecule has 0 saturated carbocycles. The molecule has 7 heteroatoms. The topological polar surface area (TPSA) is 81.7 Å². The van der Waals surface area contributed by atoms with E-state index in [1.54, 1.807) is 4.90 Å². The van der Waals surface area contributed by atoms with Crippen LogP contribution in [0.25, 0.3) is 0 Å². The zero-order chi connectivity index (χ0) is 20.8. The second-order valence-electron chi connectivity index (χ2n) is 7.11. The fourth-order valence-electron chi connectivity index (χ4n) is 3.82. The summed E-state index contributed by atoms with van der Waals surface area (Å²) in [6.07, 6.45) is 0.803. The predicted molar refractivity (Wildman–Crippen MR) is 108 cm³/mol. The number of nitrogens with zero attached hydrogens (tertiary/aromatic N) is 1. The monoisotopic (exact) mass is 399 g/mol. The molecular formula is C22H26FN3O3. The maximum atomic E-state index is 13.1. The van der Waals surface area contributed by atoms with Gasteiger partial charge < -0.3 is 20.6 Å². The lowest BCUT2D eigenvalue weighted by atomic mass is 9.75. The smallest absolute Gasteiger partial charge is 0.318 e. The van der Waals surface area contributed by atoms with E-state index in [2.05, 4.69) is 10.6 Å². The lowest BCUT2D eigenvalue weighted by molar-refractivity contribution is -0.00687. The molecule has 6 nitrogen and oxygen atoms in total. The van der Waals surface area contributed by atoms with Crippen LogP contribution >= 0.6 is 0 Å². The van der Waals surface area contributed by atoms with Crippen LogP contribution in [0.1, 0.15) is 35.2 Å². The number of urea groups is 1. The van der Waals surface area contributed by atoms with Crippen LogP contribution in [-0.2, 0) is 0 Å². The van der Waals surface area contributed by atoms with E-state index in [9.17, 15) is 19.1 Å². The van der Waals surface area contributed by atoms with Crippen molar-refractivity contribution in [2.45, 2.75) is 31.3 Å². The molecule has 1 aliphatic rings. The maximum Gasteiger partial charge on any atom is 0.318 e. The molecule has 3 atom stereocenters. The molecule has 1 saturated heterocycles. The van der Waals surface area contributed by atoms with E-state index in [-0.39, 0.29) is 43.1 Å². The van der Waals surface area contributed by atoms with Crippen molar-refractivity contribution in [2.24, 2.45) is 0 Å². The summed E-state index contributed by atoms with van der Waals surface area (Å²) >= 11 is 0. The molecule has 154 valence electrons. The minimum atomic E-state index is -0.408. The number of aliphatic hydroxyl groups excluding tert-OH is 1. The Labute approximate surface area is 169 Å². The molecule has 0 radical (unpaired) electrons. The molecule has 2 aromatic rings. The molecule has 3 N–H and O–H groups in total. The highest BCUT2D eigenvalue weighted by Crippen LogP contribution is 2.40. The van der Waals surface area contributed by atoms with Gasteiger partial charge in [-0.15, -0.1) is 0 Å². The third kappa shape index (κ3) is 4.56. The zero-order valence-corrected chi connectivity index (χ0v) is 16.3. The maximum absolute atomic E-state index is 13.1. The lowest BCUT2D eigenvalue weighted by Crippen LogP contribution is -2.70. The molecule has 2 aromatic carbocycles. The third-order valence-corrected chi connectivity index (χ3v) is 5.25. The number of hydrogen-bond donors (Lipinski definition) is 3. The van der Waals surface area contributed by atoms with E-state index in [1.807, 2.05) is 37.3 Å². The van der Waals surface area contributed by atoms with Gasteiger partial charge in [-0.1, -0.05) is 37.3 Å². The number of benzene rings is 2. The Balaban J connectivity index is 1.76. The SMILES string of the molecule is CCCNC(=O)N1[C@H](CO)[C@H](c2ccccc2)[C@H]1CNC(=O)c1ccc(F)cc1. The molecule has 29 heavy (non-hydrogen) atoms. The molecular weight excluding hydrogens is 373 g/mol. The Kier molecular flexibility index (Phi) is 6.82. The molecule has 0 spiro atoms. The van der Waals surface area contributed by atoms with Gasteiger partial charge in [0.1, 0.15) is 5.82 Å². The molecule has 1 aliphatic heterocycles. The highest BCUT2D eigenvalue weighted by molar-refractivity contribution is 5.94. The van der Waals surface area contributed by atoms with Crippen molar-refractivity contribution < 1.29 is 19.1 Å². The minimum absolute atomic E-state index is 0.0953. The Morgan fingerprint density at radius 2 is 1.72 bits per heavy atom. The van der Waals surface area contributed by atoms with Crippen molar-refractivity contribution in [1.82, 2.24) is 15.5 Å². The van der Waals surface area contributed by atoms with E-state index < -0.39 is 5.82 Å². The molecule has 0 bridgehead atoms. The van der Waals surface area contributed by atoms with E-state index in [1.165, 1.54) is 24.3 Å². The van der Waals surface area contributed by atoms with Crippen LogP contribution in [0.15, 0.2) is 54.6 Å². The van der Waals surface area contributed by atoms with Gasteiger partial charge in [-0.3, -0.25) is 4.79 Å². The molecule has 0 unspecified atom stereocenters. The first-order valence-corrected chi connectivity index (χ1v) is 9.82. The van der Waals surface area contributed by atoms with Crippen molar-refractivity contribution in [3.63, 3.8) is 0 Å². The highest BCUT2D eigenvalue weighted by Gasteiger charge is 2.51. The highest BCUT2D eigenvalue weighted by atomic mass is 19.1. The van der Waals surface area contributed by atoms with Crippen LogP contribution in [0, 0.1) is 5.82 Å². The van der Waals surface area contributed by atoms with Gasteiger partial charge in [-0.25, -0.2) is 9.18 Å². The zero-order valence-electron chi connectivity index (χ0n) is 16.3. The summed E-state index contributed by atoms with van der Waals surface area (Å²) in [7, 11) is 0. The summed E-state index contributed by atoms with van der Waals surface area (Å²) in [4.78, 5) is 26.7. The molecule has 3 amide bonds. The van der Waals surface area contributed by atoms with Gasteiger partial charge in [-0.2, -0.15) is 0 Å². The Morgan fingerprint density at radius 3 is 2.34 bits per heavy atom. The van der Waals surface area contributed by atoms with Crippen molar-refractivity contribution in [1.29, 1.82) is 0 Å². The Morgan fingerprint density at radius 1 is 1.03 bits per heavy atom. The molecule has 0 aromatic heterocycles. The number of carbonyl (C=O) groups excluding carboxylic acids is 2. The number of likely N-dealkylation sites (tertiary alicyclic amines) is 1. The van der Waals surface area contributed by atoms with Gasteiger partial charge in [0.25, 0.3) is 5.91 Å². The number of rotatable bonds is 7. The van der Waals surface area contributed by atoms with E-state index in [4.69, 9.17) is 0 Å². The first-order chi connectivity index (χ1) is 14.1. The Bertz CT molecular complexity index is 829. The summed E-state index contributed by atoms with van der Waals surface area (Å²) in [5.41, 5.74) is 1.36. The number of halogens is 1. The van der Waals surface area contributed by atoms with Crippen LogP contribution in [0.4, 0.5) is 9.18 Å². The van der Waals surface area contributed by atoms with Gasteiger partial charge in [0.2, 0.25) is 0 Å². The third-order valence-electron chi connectivity index (χ3n) is 5.25. The second kappa shape index (κ2) is 9.52. The average Bonchev–Trinajstić information content (AvgIpc) is 2.72. The fraction of sp³-hybridized carbons (Fsp3) is 0.364. The number of hydrogen-bond acceptors (Lipinski definition) is 3. The number of amides is 3. The van der Waals surface area contributed by atoms with Crippen molar-refractivity contribution in [2.75, 3.05) is 19.7 Å². The summed E-state index contributed by atoms with van der Waals surface area (Å²) in [6.45, 7) is 2.57. The summed E-state index contributed by atoms with van der Waals surface area (Å²) in [5, 5.41) is 15.6. The van der Waals surface area contributed by atoms with E-state index in [0.717, 1.165) is 12.0 Å². The van der Waals surface area contributed by atoms with Crippen molar-refractivity contribution >= 4 is 11.9 Å². The summed E-state index contributed by atoms with van der Waals surface area (Å²) < 4.78 is 13.1. The fourth-order valence-corrected chi connectivity index (χ4v) is 3.82. The number of aliphatic hydroxyl groups is 1. The summed E-state index contributed by atoms with van der Waals surface area (Å²) in [5.74, 6) is -0.838. The quantitative estimate of drug-likeness (QED) is 0.669. The molecule has 1 heterocycles. The second-order valence-corrected chi connectivity index (χ2v) is 7.11. The summed E-state index contributed by atoms with van der Waals surface area (Å²) in [6, 6.07) is 14.1. The van der Waals surface area contributed by atoms with Crippen molar-refractivity contribution in [3.8, 4) is 0 Å². The van der Waals surface area contributed by atoms with Crippen LogP contribution in [0.5, 0.6) is 0 Å². The Hall–Kier alpha value is -2.93. The van der Waals surface area contributed by atoms with Gasteiger partial charge in [0, 0.05) is 24.6 Å². The first-order valence-electron chi connectivity index (χ1n) is 9.82. The minimum Gasteiger partial charge on any atom is -0.394 e. The average molecular weight is 399 g/mol. The number of nitrogens with one attached hydrogen (secondary N) is 2. The molecule has 3 rings (SSSR count). The van der Waals surface area contributed by atoms with Crippen molar-refractivity contribution in [3.05, 3.63) is 71.5 Å². The van der Waals surface area contributed by atoms with E-state index in [0.29, 0.717) is 12.1 Å². The predicted octanol–water partition coefficient (Wildman–Crippen LogP) is 2.50. The molecule has 0 aliphatic carbocycles. The van der Waals surface area contributed by atoms with Gasteiger partial charge >= 0.3 is 6.03 Å². The van der Waals surface area contributed by atoms with E-state index >= 15 is 0 Å². The normalized spacial score (nSPS) is 20.7. The molecule has 1 fully saturated rings. The lowest BCUT2D eigenvalue weighted by Gasteiger charge is -2.54. The van der Waals surface area contributed by atoms with Crippen LogP contribution in [0.3, 0.4) is 0 Å². The standard InChI is InChI=1S/C22H26FN3O3/c1-2-12-24-22(29)26-18(13-25-21(28)16-8-10-17(23)11-9-16)20(19(26)14-27)15-6-4-3-5-7-15/h3-11,18-20,27H,2,12-14H2,1H3,(H,24,29)(H,25,28)/t18-,19-,20-/m1/s1. The first kappa shape index (κ1) is 20.8. The van der Waals surface area contributed by atoms with Gasteiger partial charge in [-0.05, 0) is 36.2 Å².